The third kappa shape index (κ3) is 4.73. The summed E-state index contributed by atoms with van der Waals surface area (Å²) in [4.78, 5) is 0. The van der Waals surface area contributed by atoms with Crippen LogP contribution in [0.25, 0.3) is 0 Å². The normalized spacial score (nSPS) is 36.8. The summed E-state index contributed by atoms with van der Waals surface area (Å²) >= 11 is 0. The average molecular weight is 272 g/mol. The van der Waals surface area contributed by atoms with Gasteiger partial charge in [-0.2, -0.15) is 0 Å². The van der Waals surface area contributed by atoms with Crippen LogP contribution in [0.15, 0.2) is 0 Å². The summed E-state index contributed by atoms with van der Waals surface area (Å²) < 4.78 is 18.3. The molecule has 0 radical (unpaired) electrons. The minimum absolute atomic E-state index is 0.0998. The van der Waals surface area contributed by atoms with Gasteiger partial charge in [0.25, 0.3) is 0 Å². The summed E-state index contributed by atoms with van der Waals surface area (Å²) in [6.45, 7) is 19.5. The fourth-order valence-electron chi connectivity index (χ4n) is 2.48. The van der Waals surface area contributed by atoms with Gasteiger partial charge in [0.2, 0.25) is 0 Å². The van der Waals surface area contributed by atoms with E-state index in [1.807, 2.05) is 0 Å². The molecule has 1 rings (SSSR count). The minimum atomic E-state index is -0.275. The summed E-state index contributed by atoms with van der Waals surface area (Å²) in [7, 11) is 0. The molecule has 1 aliphatic heterocycles. The van der Waals surface area contributed by atoms with Crippen LogP contribution in [0, 0.1) is 5.92 Å². The summed E-state index contributed by atoms with van der Waals surface area (Å²) in [5.41, 5.74) is -0.562. The first-order valence-electron chi connectivity index (χ1n) is 7.34. The molecule has 0 aromatic rings. The Morgan fingerprint density at radius 2 is 1.53 bits per heavy atom. The molecule has 3 nitrogen and oxygen atoms in total. The van der Waals surface area contributed by atoms with Crippen LogP contribution >= 0.6 is 0 Å². The van der Waals surface area contributed by atoms with E-state index in [2.05, 4.69) is 62.3 Å². The van der Waals surface area contributed by atoms with E-state index >= 15 is 0 Å². The lowest BCUT2D eigenvalue weighted by Gasteiger charge is -2.34. The van der Waals surface area contributed by atoms with Crippen LogP contribution in [0.2, 0.25) is 0 Å². The Balaban J connectivity index is 2.73. The highest BCUT2D eigenvalue weighted by Crippen LogP contribution is 2.40. The van der Waals surface area contributed by atoms with Gasteiger partial charge in [0.1, 0.15) is 0 Å². The molecule has 0 saturated carbocycles. The Morgan fingerprint density at radius 3 is 1.95 bits per heavy atom. The van der Waals surface area contributed by atoms with Crippen LogP contribution in [0.4, 0.5) is 0 Å². The Kier molecular flexibility index (Phi) is 4.76. The zero-order valence-corrected chi connectivity index (χ0v) is 14.2. The van der Waals surface area contributed by atoms with Gasteiger partial charge in [-0.3, -0.25) is 0 Å². The highest BCUT2D eigenvalue weighted by molar-refractivity contribution is 4.97. The molecule has 1 fully saturated rings. The maximum Gasteiger partial charge on any atom is 0.0943 e. The summed E-state index contributed by atoms with van der Waals surface area (Å²) in [6, 6.07) is 0. The van der Waals surface area contributed by atoms with E-state index in [0.717, 1.165) is 0 Å². The number of rotatable bonds is 3. The third-order valence-corrected chi connectivity index (χ3v) is 3.66. The van der Waals surface area contributed by atoms with Gasteiger partial charge >= 0.3 is 0 Å². The van der Waals surface area contributed by atoms with Crippen molar-refractivity contribution in [1.82, 2.24) is 0 Å². The SMILES string of the molecule is CC1O[C@](C)(COC(C)(C)C)C(C)C1OC(C)(C)C. The molecule has 19 heavy (non-hydrogen) atoms. The van der Waals surface area contributed by atoms with Gasteiger partial charge in [0.15, 0.2) is 0 Å². The molecule has 3 unspecified atom stereocenters. The highest BCUT2D eigenvalue weighted by atomic mass is 16.6. The fourth-order valence-corrected chi connectivity index (χ4v) is 2.48. The standard InChI is InChI=1S/C16H32O3/c1-11-13(19-15(6,7)8)12(2)18-16(11,9)10-17-14(3,4)5/h11-13H,10H2,1-9H3/t11?,12?,13?,16-/m1/s1. The molecule has 1 heterocycles. The molecule has 0 amide bonds. The van der Waals surface area contributed by atoms with E-state index < -0.39 is 0 Å². The van der Waals surface area contributed by atoms with Crippen molar-refractivity contribution in [3.05, 3.63) is 0 Å². The number of ether oxygens (including phenoxy) is 3. The van der Waals surface area contributed by atoms with Gasteiger partial charge in [0, 0.05) is 5.92 Å². The minimum Gasteiger partial charge on any atom is -0.373 e. The van der Waals surface area contributed by atoms with Crippen molar-refractivity contribution in [2.75, 3.05) is 6.61 Å². The topological polar surface area (TPSA) is 27.7 Å². The van der Waals surface area contributed by atoms with E-state index in [-0.39, 0.29) is 29.0 Å². The molecule has 114 valence electrons. The lowest BCUT2D eigenvalue weighted by atomic mass is 9.88. The predicted octanol–water partition coefficient (Wildman–Crippen LogP) is 3.80. The fraction of sp³-hybridized carbons (Fsp3) is 1.00. The van der Waals surface area contributed by atoms with Gasteiger partial charge in [-0.15, -0.1) is 0 Å². The van der Waals surface area contributed by atoms with Crippen LogP contribution in [0.3, 0.4) is 0 Å². The van der Waals surface area contributed by atoms with Crippen molar-refractivity contribution in [3.8, 4) is 0 Å². The van der Waals surface area contributed by atoms with Crippen molar-refractivity contribution in [1.29, 1.82) is 0 Å². The highest BCUT2D eigenvalue weighted by Gasteiger charge is 2.50. The van der Waals surface area contributed by atoms with Crippen LogP contribution < -0.4 is 0 Å². The van der Waals surface area contributed by atoms with E-state index in [0.29, 0.717) is 12.5 Å². The van der Waals surface area contributed by atoms with E-state index in [1.54, 1.807) is 0 Å². The lowest BCUT2D eigenvalue weighted by Crippen LogP contribution is -2.42. The van der Waals surface area contributed by atoms with Gasteiger partial charge in [-0.1, -0.05) is 6.92 Å². The molecule has 3 heteroatoms. The van der Waals surface area contributed by atoms with Crippen molar-refractivity contribution < 1.29 is 14.2 Å². The zero-order valence-electron chi connectivity index (χ0n) is 14.2. The molecular weight excluding hydrogens is 240 g/mol. The summed E-state index contributed by atoms with van der Waals surface area (Å²) in [6.07, 6.45) is 0.219. The Hall–Kier alpha value is -0.120. The molecule has 1 aliphatic rings. The first-order chi connectivity index (χ1) is 8.34. The van der Waals surface area contributed by atoms with Gasteiger partial charge in [0.05, 0.1) is 35.6 Å². The molecule has 0 aliphatic carbocycles. The van der Waals surface area contributed by atoms with E-state index in [4.69, 9.17) is 14.2 Å². The second-order valence-corrected chi connectivity index (χ2v) is 8.02. The van der Waals surface area contributed by atoms with Crippen molar-refractivity contribution >= 4 is 0 Å². The zero-order chi connectivity index (χ0) is 15.1. The van der Waals surface area contributed by atoms with Gasteiger partial charge in [-0.25, -0.2) is 0 Å². The molecule has 4 atom stereocenters. The average Bonchev–Trinajstić information content (AvgIpc) is 2.38. The van der Waals surface area contributed by atoms with E-state index in [9.17, 15) is 0 Å². The second-order valence-electron chi connectivity index (χ2n) is 8.02. The number of hydrogen-bond acceptors (Lipinski definition) is 3. The maximum absolute atomic E-state index is 6.17. The molecule has 0 bridgehead atoms. The molecule has 1 saturated heterocycles. The van der Waals surface area contributed by atoms with E-state index in [1.165, 1.54) is 0 Å². The molecule has 0 aromatic carbocycles. The smallest absolute Gasteiger partial charge is 0.0943 e. The largest absolute Gasteiger partial charge is 0.373 e. The van der Waals surface area contributed by atoms with Crippen LogP contribution in [0.1, 0.15) is 62.3 Å². The van der Waals surface area contributed by atoms with Crippen LogP contribution in [-0.2, 0) is 14.2 Å². The monoisotopic (exact) mass is 272 g/mol. The Bertz CT molecular complexity index is 300. The number of hydrogen-bond donors (Lipinski definition) is 0. The lowest BCUT2D eigenvalue weighted by molar-refractivity contribution is -0.126. The van der Waals surface area contributed by atoms with Gasteiger partial charge < -0.3 is 14.2 Å². The quantitative estimate of drug-likeness (QED) is 0.782. The maximum atomic E-state index is 6.17. The summed E-state index contributed by atoms with van der Waals surface area (Å²) in [5, 5.41) is 0. The molecule has 0 aromatic heterocycles. The predicted molar refractivity (Wildman–Crippen MR) is 78.4 cm³/mol. The molecular formula is C16H32O3. The second kappa shape index (κ2) is 5.34. The molecule has 0 spiro atoms. The molecule has 0 N–H and O–H groups in total. The first kappa shape index (κ1) is 16.9. The summed E-state index contributed by atoms with van der Waals surface area (Å²) in [5.74, 6) is 0.309. The van der Waals surface area contributed by atoms with Crippen molar-refractivity contribution in [3.63, 3.8) is 0 Å². The van der Waals surface area contributed by atoms with Crippen molar-refractivity contribution in [2.45, 2.75) is 91.3 Å². The third-order valence-electron chi connectivity index (χ3n) is 3.66. The van der Waals surface area contributed by atoms with Crippen molar-refractivity contribution in [2.24, 2.45) is 5.92 Å². The van der Waals surface area contributed by atoms with Crippen LogP contribution in [-0.4, -0.2) is 35.6 Å². The first-order valence-corrected chi connectivity index (χ1v) is 7.34. The Labute approximate surface area is 119 Å². The van der Waals surface area contributed by atoms with Crippen LogP contribution in [0.5, 0.6) is 0 Å². The van der Waals surface area contributed by atoms with Gasteiger partial charge in [-0.05, 0) is 55.4 Å². The Morgan fingerprint density at radius 1 is 1.00 bits per heavy atom.